The van der Waals surface area contributed by atoms with Crippen LogP contribution in [0.1, 0.15) is 31.2 Å². The van der Waals surface area contributed by atoms with Crippen molar-refractivity contribution in [2.75, 3.05) is 26.2 Å². The highest BCUT2D eigenvalue weighted by molar-refractivity contribution is 6.33. The highest BCUT2D eigenvalue weighted by Crippen LogP contribution is 2.43. The summed E-state index contributed by atoms with van der Waals surface area (Å²) in [4.78, 5) is 20.5. The van der Waals surface area contributed by atoms with Crippen LogP contribution < -0.4 is 5.32 Å². The van der Waals surface area contributed by atoms with Crippen LogP contribution in [0.3, 0.4) is 0 Å². The average molecular weight is 584 g/mol. The van der Waals surface area contributed by atoms with Crippen LogP contribution in [0.15, 0.2) is 77.0 Å². The second-order valence-electron chi connectivity index (χ2n) is 11.5. The zero-order valence-corrected chi connectivity index (χ0v) is 24.0. The lowest BCUT2D eigenvalue weighted by atomic mass is 9.78. The molecule has 3 saturated heterocycles. The van der Waals surface area contributed by atoms with E-state index in [0.717, 1.165) is 29.1 Å². The van der Waals surface area contributed by atoms with Gasteiger partial charge in [-0.2, -0.15) is 0 Å². The van der Waals surface area contributed by atoms with Crippen molar-refractivity contribution in [3.8, 4) is 0 Å². The SMILES string of the molecule is O=C1NCC2C(c3ccccc3Cl)=CC(CN3C4=CC(N5CCC5)CC3CC4)=CC2N1C1C(Cl)=CC=CC1Cl. The maximum atomic E-state index is 13.4. The summed E-state index contributed by atoms with van der Waals surface area (Å²) >= 11 is 20.2. The molecule has 0 spiro atoms. The van der Waals surface area contributed by atoms with Crippen LogP contribution in [0.2, 0.25) is 5.02 Å². The molecule has 2 amide bonds. The van der Waals surface area contributed by atoms with Crippen LogP contribution in [-0.2, 0) is 0 Å². The topological polar surface area (TPSA) is 38.8 Å². The van der Waals surface area contributed by atoms with Gasteiger partial charge < -0.3 is 15.1 Å². The molecule has 204 valence electrons. The van der Waals surface area contributed by atoms with Gasteiger partial charge in [0.05, 0.1) is 17.5 Å². The quantitative estimate of drug-likeness (QED) is 0.422. The number of nitrogens with one attached hydrogen (secondary N) is 1. The number of alkyl halides is 1. The predicted octanol–water partition coefficient (Wildman–Crippen LogP) is 6.17. The fraction of sp³-hybridized carbons (Fsp3) is 0.452. The Morgan fingerprint density at radius 1 is 1.10 bits per heavy atom. The number of hydrogen-bond donors (Lipinski definition) is 1. The van der Waals surface area contributed by atoms with Gasteiger partial charge in [0.25, 0.3) is 0 Å². The molecule has 3 fully saturated rings. The molecule has 6 atom stereocenters. The number of amides is 2. The maximum Gasteiger partial charge on any atom is 0.318 e. The first-order valence-electron chi connectivity index (χ1n) is 14.1. The molecule has 2 aliphatic carbocycles. The molecule has 5 nitrogen and oxygen atoms in total. The first kappa shape index (κ1) is 25.8. The molecule has 4 aliphatic heterocycles. The van der Waals surface area contributed by atoms with E-state index in [4.69, 9.17) is 34.8 Å². The van der Waals surface area contributed by atoms with Crippen LogP contribution >= 0.6 is 34.8 Å². The van der Waals surface area contributed by atoms with Crippen molar-refractivity contribution in [1.29, 1.82) is 0 Å². The lowest BCUT2D eigenvalue weighted by Gasteiger charge is -2.48. The number of likely N-dealkylation sites (tertiary alicyclic amines) is 1. The number of urea groups is 1. The minimum atomic E-state index is -0.430. The van der Waals surface area contributed by atoms with Crippen molar-refractivity contribution in [2.24, 2.45) is 5.92 Å². The van der Waals surface area contributed by atoms with Crippen molar-refractivity contribution < 1.29 is 4.79 Å². The molecule has 8 heteroatoms. The molecule has 6 aliphatic rings. The van der Waals surface area contributed by atoms with Gasteiger partial charge in [-0.15, -0.1) is 11.6 Å². The summed E-state index contributed by atoms with van der Waals surface area (Å²) in [6.07, 6.45) is 17.6. The summed E-state index contributed by atoms with van der Waals surface area (Å²) in [6, 6.07) is 8.41. The van der Waals surface area contributed by atoms with Gasteiger partial charge in [0.1, 0.15) is 0 Å². The Hall–Kier alpha value is -2.18. The number of carbonyl (C=O) groups is 1. The number of nitrogens with zero attached hydrogens (tertiary/aromatic N) is 3. The van der Waals surface area contributed by atoms with Gasteiger partial charge in [-0.1, -0.05) is 65.7 Å². The summed E-state index contributed by atoms with van der Waals surface area (Å²) in [6.45, 7) is 3.82. The van der Waals surface area contributed by atoms with E-state index < -0.39 is 11.4 Å². The third-order valence-corrected chi connectivity index (χ3v) is 10.4. The molecule has 1 N–H and O–H groups in total. The molecule has 0 saturated carbocycles. The van der Waals surface area contributed by atoms with Gasteiger partial charge in [-0.05, 0) is 73.7 Å². The Morgan fingerprint density at radius 2 is 1.95 bits per heavy atom. The van der Waals surface area contributed by atoms with Crippen LogP contribution in [0.4, 0.5) is 4.79 Å². The van der Waals surface area contributed by atoms with Gasteiger partial charge >= 0.3 is 6.03 Å². The first-order chi connectivity index (χ1) is 19.0. The van der Waals surface area contributed by atoms with Gasteiger partial charge in [0.2, 0.25) is 0 Å². The largest absolute Gasteiger partial charge is 0.368 e. The zero-order valence-electron chi connectivity index (χ0n) is 21.8. The Balaban J connectivity index is 1.26. The molecule has 2 bridgehead atoms. The lowest BCUT2D eigenvalue weighted by Crippen LogP contribution is -2.62. The van der Waals surface area contributed by atoms with E-state index in [1.165, 1.54) is 43.6 Å². The monoisotopic (exact) mass is 582 g/mol. The molecule has 0 aromatic heterocycles. The van der Waals surface area contributed by atoms with Crippen molar-refractivity contribution in [1.82, 2.24) is 20.0 Å². The number of benzene rings is 1. The number of rotatable bonds is 5. The Labute approximate surface area is 245 Å². The van der Waals surface area contributed by atoms with E-state index in [1.807, 2.05) is 41.3 Å². The lowest BCUT2D eigenvalue weighted by molar-refractivity contribution is 0.109. The second kappa shape index (κ2) is 10.3. The minimum Gasteiger partial charge on any atom is -0.368 e. The maximum absolute atomic E-state index is 13.4. The third kappa shape index (κ3) is 4.56. The van der Waals surface area contributed by atoms with E-state index >= 15 is 0 Å². The fourth-order valence-electron chi connectivity index (χ4n) is 7.28. The van der Waals surface area contributed by atoms with Gasteiger partial charge in [0, 0.05) is 46.8 Å². The fourth-order valence-corrected chi connectivity index (χ4v) is 8.24. The van der Waals surface area contributed by atoms with E-state index in [0.29, 0.717) is 23.7 Å². The molecular weight excluding hydrogens is 551 g/mol. The predicted molar refractivity (Wildman–Crippen MR) is 159 cm³/mol. The van der Waals surface area contributed by atoms with Crippen LogP contribution in [0, 0.1) is 5.92 Å². The molecule has 7 rings (SSSR count). The molecule has 6 unspecified atom stereocenters. The van der Waals surface area contributed by atoms with Crippen LogP contribution in [0.25, 0.3) is 5.57 Å². The zero-order chi connectivity index (χ0) is 26.7. The summed E-state index contributed by atoms with van der Waals surface area (Å²) < 4.78 is 0. The van der Waals surface area contributed by atoms with Crippen molar-refractivity contribution in [3.63, 3.8) is 0 Å². The van der Waals surface area contributed by atoms with E-state index in [2.05, 4.69) is 39.4 Å². The van der Waals surface area contributed by atoms with Gasteiger partial charge in [-0.25, -0.2) is 4.79 Å². The van der Waals surface area contributed by atoms with E-state index in [-0.39, 0.29) is 18.0 Å². The number of halogens is 3. The number of carbonyl (C=O) groups excluding carboxylic acids is 1. The first-order valence-corrected chi connectivity index (χ1v) is 15.3. The van der Waals surface area contributed by atoms with E-state index in [1.54, 1.807) is 0 Å². The summed E-state index contributed by atoms with van der Waals surface area (Å²) in [5.41, 5.74) is 4.86. The van der Waals surface area contributed by atoms with Gasteiger partial charge in [-0.3, -0.25) is 4.90 Å². The molecule has 1 aromatic rings. The van der Waals surface area contributed by atoms with Gasteiger partial charge in [0.15, 0.2) is 0 Å². The van der Waals surface area contributed by atoms with Crippen molar-refractivity contribution in [3.05, 3.63) is 87.6 Å². The van der Waals surface area contributed by atoms with Crippen molar-refractivity contribution >= 4 is 46.4 Å². The minimum absolute atomic E-state index is 0.0266. The molecule has 1 aromatic carbocycles. The summed E-state index contributed by atoms with van der Waals surface area (Å²) in [5.74, 6) is 0.0266. The third-order valence-electron chi connectivity index (χ3n) is 9.34. The Kier molecular flexibility index (Phi) is 6.83. The van der Waals surface area contributed by atoms with E-state index in [9.17, 15) is 4.79 Å². The Morgan fingerprint density at radius 3 is 2.69 bits per heavy atom. The second-order valence-corrected chi connectivity index (χ2v) is 12.9. The summed E-state index contributed by atoms with van der Waals surface area (Å²) in [7, 11) is 0. The normalized spacial score (nSPS) is 34.0. The smallest absolute Gasteiger partial charge is 0.318 e. The number of allylic oxidation sites excluding steroid dienone is 3. The van der Waals surface area contributed by atoms with Crippen molar-refractivity contribution in [2.45, 2.75) is 55.2 Å². The molecular formula is C31H33Cl3N4O. The van der Waals surface area contributed by atoms with Crippen LogP contribution in [-0.4, -0.2) is 76.5 Å². The standard InChI is InChI=1S/C31H33Cl3N4O/c32-26-6-2-1-5-23(26)24-13-19(18-37-20-9-10-21(37)16-22(15-20)36-11-4-12-36)14-29-25(24)17-35-31(39)38(29)30-27(33)7-3-8-28(30)34/h1-3,5-8,13-15,21-22,25,27,29-30H,4,9-12,16-18H2,(H,35,39). The number of fused-ring (bicyclic) bond motifs is 3. The Bertz CT molecular complexity index is 1330. The number of hydrogen-bond acceptors (Lipinski definition) is 3. The molecule has 4 heterocycles. The summed E-state index contributed by atoms with van der Waals surface area (Å²) in [5, 5.41) is 4.01. The van der Waals surface area contributed by atoms with Crippen LogP contribution in [0.5, 0.6) is 0 Å². The highest BCUT2D eigenvalue weighted by Gasteiger charge is 2.46. The average Bonchev–Trinajstić information content (AvgIpc) is 3.10. The molecule has 39 heavy (non-hydrogen) atoms. The molecule has 0 radical (unpaired) electrons. The highest BCUT2D eigenvalue weighted by atomic mass is 35.5.